The first-order valence-electron chi connectivity index (χ1n) is 13.6. The third kappa shape index (κ3) is 6.79. The van der Waals surface area contributed by atoms with E-state index in [1.165, 1.54) is 95.2 Å². The number of hydrogen-bond donors (Lipinski definition) is 0. The summed E-state index contributed by atoms with van der Waals surface area (Å²) in [6, 6.07) is 2.15. The summed E-state index contributed by atoms with van der Waals surface area (Å²) in [5.41, 5.74) is 4.55. The number of aryl methyl sites for hydroxylation is 4. The average Bonchev–Trinajstić information content (AvgIpc) is 3.13. The molecule has 1 unspecified atom stereocenters. The maximum atomic E-state index is 4.91. The Labute approximate surface area is 197 Å². The zero-order valence-electron chi connectivity index (χ0n) is 21.6. The fourth-order valence-corrected chi connectivity index (χ4v) is 5.73. The van der Waals surface area contributed by atoms with E-state index in [0.29, 0.717) is 0 Å². The number of unbranched alkanes of at least 4 members (excludes halogenated alkanes) is 2. The van der Waals surface area contributed by atoms with Crippen molar-refractivity contribution in [1.29, 1.82) is 0 Å². The van der Waals surface area contributed by atoms with Crippen molar-refractivity contribution in [3.63, 3.8) is 0 Å². The van der Waals surface area contributed by atoms with Crippen molar-refractivity contribution in [2.75, 3.05) is 19.6 Å². The molecule has 0 spiro atoms. The Morgan fingerprint density at radius 1 is 0.969 bits per heavy atom. The minimum Gasteiger partial charge on any atom is -0.313 e. The van der Waals surface area contributed by atoms with Crippen LogP contribution in [-0.4, -0.2) is 39.1 Å². The highest BCUT2D eigenvalue weighted by Crippen LogP contribution is 2.26. The number of imidazole rings is 1. The van der Waals surface area contributed by atoms with E-state index in [0.717, 1.165) is 41.7 Å². The molecule has 32 heavy (non-hydrogen) atoms. The van der Waals surface area contributed by atoms with Gasteiger partial charge in [0, 0.05) is 25.2 Å². The Hall–Kier alpha value is -1.42. The number of hydrogen-bond acceptors (Lipinski definition) is 3. The number of piperidine rings is 1. The Morgan fingerprint density at radius 2 is 1.75 bits per heavy atom. The van der Waals surface area contributed by atoms with Gasteiger partial charge in [0.05, 0.1) is 0 Å². The fourth-order valence-electron chi connectivity index (χ4n) is 5.73. The van der Waals surface area contributed by atoms with Crippen LogP contribution in [0.5, 0.6) is 0 Å². The number of pyridine rings is 1. The zero-order valence-corrected chi connectivity index (χ0v) is 21.6. The van der Waals surface area contributed by atoms with Crippen LogP contribution in [0, 0.1) is 25.7 Å². The molecule has 0 bridgehead atoms. The molecule has 3 heterocycles. The van der Waals surface area contributed by atoms with Crippen molar-refractivity contribution in [2.24, 2.45) is 11.8 Å². The van der Waals surface area contributed by atoms with E-state index in [4.69, 9.17) is 9.97 Å². The zero-order chi connectivity index (χ0) is 22.9. The van der Waals surface area contributed by atoms with Gasteiger partial charge >= 0.3 is 0 Å². The van der Waals surface area contributed by atoms with Crippen LogP contribution in [0.15, 0.2) is 6.07 Å². The first kappa shape index (κ1) is 25.2. The second kappa shape index (κ2) is 12.7. The van der Waals surface area contributed by atoms with Gasteiger partial charge in [-0.3, -0.25) is 0 Å². The van der Waals surface area contributed by atoms with Crippen molar-refractivity contribution in [1.82, 2.24) is 19.4 Å². The molecule has 1 atom stereocenters. The summed E-state index contributed by atoms with van der Waals surface area (Å²) in [5, 5.41) is 0. The van der Waals surface area contributed by atoms with Gasteiger partial charge in [0.15, 0.2) is 5.65 Å². The second-order valence-electron chi connectivity index (χ2n) is 10.3. The maximum absolute atomic E-state index is 4.91. The van der Waals surface area contributed by atoms with Crippen LogP contribution >= 0.6 is 0 Å². The number of likely N-dealkylation sites (tertiary alicyclic amines) is 1. The Kier molecular flexibility index (Phi) is 10.0. The van der Waals surface area contributed by atoms with Crippen LogP contribution in [0.25, 0.3) is 11.2 Å². The van der Waals surface area contributed by atoms with Gasteiger partial charge in [-0.15, -0.1) is 0 Å². The molecule has 0 aromatic carbocycles. The predicted molar refractivity (Wildman–Crippen MR) is 137 cm³/mol. The molecule has 180 valence electrons. The lowest BCUT2D eigenvalue weighted by Gasteiger charge is -2.34. The summed E-state index contributed by atoms with van der Waals surface area (Å²) in [4.78, 5) is 12.5. The molecule has 1 aliphatic heterocycles. The lowest BCUT2D eigenvalue weighted by molar-refractivity contribution is 0.147. The molecular weight excluding hydrogens is 392 g/mol. The molecule has 1 aliphatic rings. The van der Waals surface area contributed by atoms with Crippen LogP contribution in [0.1, 0.15) is 102 Å². The predicted octanol–water partition coefficient (Wildman–Crippen LogP) is 7.10. The number of fused-ring (bicyclic) bond motifs is 1. The number of rotatable bonds is 13. The minimum atomic E-state index is 0.896. The Morgan fingerprint density at radius 3 is 2.44 bits per heavy atom. The normalized spacial score (nSPS) is 16.8. The summed E-state index contributed by atoms with van der Waals surface area (Å²) in [7, 11) is 0. The quantitative estimate of drug-likeness (QED) is 0.311. The first-order chi connectivity index (χ1) is 15.5. The highest BCUT2D eigenvalue weighted by atomic mass is 15.1. The monoisotopic (exact) mass is 440 g/mol. The van der Waals surface area contributed by atoms with Gasteiger partial charge in [0.1, 0.15) is 11.3 Å². The summed E-state index contributed by atoms with van der Waals surface area (Å²) in [6.07, 6.45) is 14.7. The van der Waals surface area contributed by atoms with Gasteiger partial charge in [-0.1, -0.05) is 46.5 Å². The van der Waals surface area contributed by atoms with Gasteiger partial charge < -0.3 is 9.47 Å². The highest BCUT2D eigenvalue weighted by molar-refractivity contribution is 5.75. The average molecular weight is 441 g/mol. The Balaban J connectivity index is 1.46. The lowest BCUT2D eigenvalue weighted by Crippen LogP contribution is -2.37. The number of nitrogens with zero attached hydrogens (tertiary/aromatic N) is 4. The Bertz CT molecular complexity index is 816. The van der Waals surface area contributed by atoms with Crippen LogP contribution in [-0.2, 0) is 13.0 Å². The molecule has 3 rings (SSSR count). The molecule has 1 saturated heterocycles. The topological polar surface area (TPSA) is 34.0 Å². The standard InChI is InChI=1S/C28H48N4/c1-6-9-10-13-25(12-7-2)21-31-18-15-24(16-19-31)14-11-17-32-26(8-3)30-27-22(4)20-23(5)29-28(27)32/h20,24-25H,6-19,21H2,1-5H3. The van der Waals surface area contributed by atoms with Crippen LogP contribution in [0.4, 0.5) is 0 Å². The molecule has 4 nitrogen and oxygen atoms in total. The SMILES string of the molecule is CCCCCC(CCC)CN1CCC(CCCn2c(CC)nc3c(C)cc(C)nc32)CC1. The summed E-state index contributed by atoms with van der Waals surface area (Å²) < 4.78 is 2.40. The molecule has 0 radical (unpaired) electrons. The first-order valence-corrected chi connectivity index (χ1v) is 13.6. The van der Waals surface area contributed by atoms with E-state index in [1.807, 2.05) is 0 Å². The van der Waals surface area contributed by atoms with E-state index < -0.39 is 0 Å². The van der Waals surface area contributed by atoms with Crippen LogP contribution in [0.3, 0.4) is 0 Å². The molecule has 0 amide bonds. The van der Waals surface area contributed by atoms with E-state index in [9.17, 15) is 0 Å². The van der Waals surface area contributed by atoms with Gasteiger partial charge in [0.2, 0.25) is 0 Å². The van der Waals surface area contributed by atoms with Crippen LogP contribution < -0.4 is 0 Å². The fraction of sp³-hybridized carbons (Fsp3) is 0.786. The van der Waals surface area contributed by atoms with Crippen LogP contribution in [0.2, 0.25) is 0 Å². The van der Waals surface area contributed by atoms with Crippen molar-refractivity contribution < 1.29 is 0 Å². The molecular formula is C28H48N4. The summed E-state index contributed by atoms with van der Waals surface area (Å²) in [5.74, 6) is 3.01. The largest absolute Gasteiger partial charge is 0.313 e. The molecule has 2 aromatic heterocycles. The van der Waals surface area contributed by atoms with Gasteiger partial charge in [-0.2, -0.15) is 0 Å². The molecule has 2 aromatic rings. The lowest BCUT2D eigenvalue weighted by atomic mass is 9.90. The van der Waals surface area contributed by atoms with Gasteiger partial charge in [-0.25, -0.2) is 9.97 Å². The van der Waals surface area contributed by atoms with Gasteiger partial charge in [0.25, 0.3) is 0 Å². The minimum absolute atomic E-state index is 0.896. The molecule has 0 saturated carbocycles. The van der Waals surface area contributed by atoms with Crippen molar-refractivity contribution in [3.05, 3.63) is 23.1 Å². The number of aromatic nitrogens is 3. The maximum Gasteiger partial charge on any atom is 0.160 e. The van der Waals surface area contributed by atoms with Crippen molar-refractivity contribution in [2.45, 2.75) is 112 Å². The molecule has 0 aliphatic carbocycles. The van der Waals surface area contributed by atoms with E-state index >= 15 is 0 Å². The van der Waals surface area contributed by atoms with Crippen molar-refractivity contribution in [3.8, 4) is 0 Å². The smallest absolute Gasteiger partial charge is 0.160 e. The molecule has 1 fully saturated rings. The summed E-state index contributed by atoms with van der Waals surface area (Å²) >= 11 is 0. The summed E-state index contributed by atoms with van der Waals surface area (Å²) in [6.45, 7) is 16.2. The molecule has 0 N–H and O–H groups in total. The van der Waals surface area contributed by atoms with E-state index in [-0.39, 0.29) is 0 Å². The van der Waals surface area contributed by atoms with E-state index in [1.54, 1.807) is 0 Å². The third-order valence-electron chi connectivity index (χ3n) is 7.55. The molecule has 4 heteroatoms. The van der Waals surface area contributed by atoms with E-state index in [2.05, 4.69) is 50.2 Å². The van der Waals surface area contributed by atoms with Gasteiger partial charge in [-0.05, 0) is 88.9 Å². The highest BCUT2D eigenvalue weighted by Gasteiger charge is 2.22. The third-order valence-corrected chi connectivity index (χ3v) is 7.55. The van der Waals surface area contributed by atoms with Crippen molar-refractivity contribution >= 4 is 11.2 Å². The second-order valence-corrected chi connectivity index (χ2v) is 10.3.